The summed E-state index contributed by atoms with van der Waals surface area (Å²) in [5, 5.41) is 8.90. The fourth-order valence-electron chi connectivity index (χ4n) is 7.75. The Morgan fingerprint density at radius 1 is 0.656 bits per heavy atom. The van der Waals surface area contributed by atoms with Gasteiger partial charge in [-0.3, -0.25) is 28.5 Å². The first-order valence-electron chi connectivity index (χ1n) is 20.7. The molecular weight excluding hydrogens is 817 g/mol. The molecule has 0 atom stereocenters. The molecule has 0 saturated carbocycles. The molecule has 0 aliphatic rings. The molecule has 0 unspecified atom stereocenters. The molecule has 0 spiro atoms. The molecule has 0 aliphatic heterocycles. The van der Waals surface area contributed by atoms with Gasteiger partial charge in [-0.25, -0.2) is 0 Å². The van der Waals surface area contributed by atoms with Crippen LogP contribution in [0.3, 0.4) is 0 Å². The molecule has 4 aromatic heterocycles. The zero-order valence-electron chi connectivity index (χ0n) is 37.5. The number of carbonyl (C=O) groups excluding carboxylic acids is 4. The molecule has 0 saturated heterocycles. The van der Waals surface area contributed by atoms with Gasteiger partial charge in [0.1, 0.15) is 35.0 Å². The third-order valence-corrected chi connectivity index (χ3v) is 11.3. The summed E-state index contributed by atoms with van der Waals surface area (Å²) in [4.78, 5) is 62.3. The van der Waals surface area contributed by atoms with Crippen molar-refractivity contribution < 1.29 is 28.7 Å². The average Bonchev–Trinajstić information content (AvgIpc) is 4.00. The van der Waals surface area contributed by atoms with Gasteiger partial charge in [0.25, 0.3) is 11.8 Å². The second kappa shape index (κ2) is 17.9. The van der Waals surface area contributed by atoms with Gasteiger partial charge in [-0.2, -0.15) is 20.2 Å². The molecule has 18 nitrogen and oxygen atoms in total. The first-order valence-corrected chi connectivity index (χ1v) is 20.7. The van der Waals surface area contributed by atoms with Crippen LogP contribution in [-0.2, 0) is 46.9 Å². The van der Waals surface area contributed by atoms with E-state index in [1.54, 1.807) is 82.2 Å². The van der Waals surface area contributed by atoms with Crippen LogP contribution in [0, 0.1) is 13.8 Å². The molecule has 3 aromatic carbocycles. The zero-order valence-corrected chi connectivity index (χ0v) is 37.5. The maximum atomic E-state index is 14.1. The second-order valence-corrected chi connectivity index (χ2v) is 15.7. The standard InChI is InChI=1S/C46H52N12O6/c1-10-57-37(18-28(5)51-57)43(61)49-45-53(7)35-20-31(41(47)59)14-17-34(35)55(45)23-26(3)27(4)24-56-40-36(54(8)46(56)50-44(62)38-19-29(6)52-58(38)11-2)21-32(42(48)60)22-39(40)64-25-30-12-15-33(63-9)16-13-30/h12-22H,10-11,23-25H2,1-9H3,(H2,47,59)(H2,48,60)/b27-26+,49-45+,50-46+. The van der Waals surface area contributed by atoms with E-state index < -0.39 is 23.6 Å². The van der Waals surface area contributed by atoms with Crippen LogP contribution in [0.4, 0.5) is 0 Å². The number of aryl methyl sites for hydroxylation is 6. The third kappa shape index (κ3) is 8.53. The molecular formula is C46H52N12O6. The number of imidazole rings is 2. The molecule has 4 amide bonds. The maximum Gasteiger partial charge on any atom is 0.298 e. The smallest absolute Gasteiger partial charge is 0.298 e. The number of hydrogen-bond donors (Lipinski definition) is 2. The van der Waals surface area contributed by atoms with Crippen LogP contribution in [0.5, 0.6) is 11.5 Å². The fourth-order valence-corrected chi connectivity index (χ4v) is 7.75. The van der Waals surface area contributed by atoms with E-state index in [4.69, 9.17) is 25.9 Å². The summed E-state index contributed by atoms with van der Waals surface area (Å²) in [6.07, 6.45) is 0. The predicted octanol–water partition coefficient (Wildman–Crippen LogP) is 4.63. The minimum atomic E-state index is -0.656. The number of fused-ring (bicyclic) bond motifs is 2. The summed E-state index contributed by atoms with van der Waals surface area (Å²) in [6.45, 7) is 13.0. The number of primary amides is 2. The van der Waals surface area contributed by atoms with Crippen LogP contribution in [0.1, 0.15) is 86.3 Å². The van der Waals surface area contributed by atoms with E-state index in [0.717, 1.165) is 16.7 Å². The Morgan fingerprint density at radius 3 is 1.70 bits per heavy atom. The molecule has 18 heteroatoms. The van der Waals surface area contributed by atoms with Crippen molar-refractivity contribution in [3.63, 3.8) is 0 Å². The van der Waals surface area contributed by atoms with Gasteiger partial charge in [-0.15, -0.1) is 0 Å². The highest BCUT2D eigenvalue weighted by atomic mass is 16.5. The van der Waals surface area contributed by atoms with E-state index in [9.17, 15) is 19.2 Å². The summed E-state index contributed by atoms with van der Waals surface area (Å²) < 4.78 is 22.4. The highest BCUT2D eigenvalue weighted by Crippen LogP contribution is 2.30. The Bertz CT molecular complexity index is 3180. The lowest BCUT2D eigenvalue weighted by Gasteiger charge is -2.15. The summed E-state index contributed by atoms with van der Waals surface area (Å²) in [5.74, 6) is -1.18. The number of aromatic nitrogens is 8. The predicted molar refractivity (Wildman–Crippen MR) is 240 cm³/mol. The SMILES string of the molecule is CCn1nc(C)cc1C(=O)/N=c1\n(C)c2cc(C(N)=O)ccc2n1C/C(C)=C(\C)Cn1/c(=N/C(=O)c2cc(C)nn2CC)n(C)c2cc(C(N)=O)cc(OCc3ccc(OC)cc3)c21. The van der Waals surface area contributed by atoms with Crippen molar-refractivity contribution in [1.82, 2.24) is 37.8 Å². The van der Waals surface area contributed by atoms with Gasteiger partial charge in [0.2, 0.25) is 23.1 Å². The Balaban J connectivity index is 1.41. The van der Waals surface area contributed by atoms with Crippen LogP contribution in [0.25, 0.3) is 22.1 Å². The minimum absolute atomic E-state index is 0.142. The molecule has 4 heterocycles. The Morgan fingerprint density at radius 2 is 1.17 bits per heavy atom. The largest absolute Gasteiger partial charge is 0.497 e. The molecule has 64 heavy (non-hydrogen) atoms. The third-order valence-electron chi connectivity index (χ3n) is 11.3. The van der Waals surface area contributed by atoms with Crippen molar-refractivity contribution in [2.24, 2.45) is 35.5 Å². The lowest BCUT2D eigenvalue weighted by atomic mass is 10.1. The van der Waals surface area contributed by atoms with E-state index in [2.05, 4.69) is 15.2 Å². The number of amides is 4. The Hall–Kier alpha value is -7.76. The highest BCUT2D eigenvalue weighted by Gasteiger charge is 2.22. The molecule has 7 aromatic rings. The molecule has 332 valence electrons. The number of carbonyl (C=O) groups is 4. The lowest BCUT2D eigenvalue weighted by Crippen LogP contribution is -2.28. The number of nitrogens with zero attached hydrogens (tertiary/aromatic N) is 10. The molecule has 7 rings (SSSR count). The van der Waals surface area contributed by atoms with Gasteiger partial charge in [-0.05, 0) is 102 Å². The first kappa shape index (κ1) is 44.3. The van der Waals surface area contributed by atoms with Gasteiger partial charge >= 0.3 is 0 Å². The molecule has 0 radical (unpaired) electrons. The normalized spacial score (nSPS) is 12.6. The van der Waals surface area contributed by atoms with Crippen LogP contribution >= 0.6 is 0 Å². The molecule has 0 fully saturated rings. The topological polar surface area (TPSA) is 219 Å². The number of hydrogen-bond acceptors (Lipinski definition) is 8. The summed E-state index contributed by atoms with van der Waals surface area (Å²) in [6, 6.07) is 19.2. The summed E-state index contributed by atoms with van der Waals surface area (Å²) in [7, 11) is 5.14. The first-order chi connectivity index (χ1) is 30.5. The number of rotatable bonds is 14. The summed E-state index contributed by atoms with van der Waals surface area (Å²) >= 11 is 0. The average molecular weight is 869 g/mol. The van der Waals surface area contributed by atoms with Crippen molar-refractivity contribution in [2.45, 2.75) is 74.3 Å². The van der Waals surface area contributed by atoms with Gasteiger partial charge < -0.3 is 39.2 Å². The van der Waals surface area contributed by atoms with Gasteiger partial charge in [-0.1, -0.05) is 23.3 Å². The van der Waals surface area contributed by atoms with Crippen LogP contribution in [0.2, 0.25) is 0 Å². The highest BCUT2D eigenvalue weighted by molar-refractivity contribution is 5.99. The summed E-state index contributed by atoms with van der Waals surface area (Å²) in [5.41, 5.74) is 19.8. The van der Waals surface area contributed by atoms with Gasteiger partial charge in [0, 0.05) is 51.4 Å². The van der Waals surface area contributed by atoms with E-state index in [1.165, 1.54) is 0 Å². The Labute approximate surface area is 368 Å². The monoisotopic (exact) mass is 868 g/mol. The van der Waals surface area contributed by atoms with Crippen LogP contribution in [0.15, 0.2) is 87.9 Å². The van der Waals surface area contributed by atoms with Crippen molar-refractivity contribution in [3.05, 3.63) is 129 Å². The van der Waals surface area contributed by atoms with Gasteiger partial charge in [0.15, 0.2) is 0 Å². The van der Waals surface area contributed by atoms with Gasteiger partial charge in [0.05, 0.1) is 35.0 Å². The number of methoxy groups -OCH3 is 1. The lowest BCUT2D eigenvalue weighted by molar-refractivity contribution is 0.0977. The van der Waals surface area contributed by atoms with Crippen molar-refractivity contribution in [3.8, 4) is 11.5 Å². The zero-order chi connectivity index (χ0) is 46.1. The second-order valence-electron chi connectivity index (χ2n) is 15.7. The van der Waals surface area contributed by atoms with E-state index in [-0.39, 0.29) is 30.9 Å². The van der Waals surface area contributed by atoms with Crippen molar-refractivity contribution in [1.29, 1.82) is 0 Å². The quantitative estimate of drug-likeness (QED) is 0.147. The van der Waals surface area contributed by atoms with Crippen molar-refractivity contribution in [2.75, 3.05) is 7.11 Å². The molecule has 4 N–H and O–H groups in total. The number of benzene rings is 3. The number of allylic oxidation sites excluding steroid dienone is 2. The maximum absolute atomic E-state index is 14.1. The van der Waals surface area contributed by atoms with E-state index >= 15 is 0 Å². The van der Waals surface area contributed by atoms with E-state index in [1.807, 2.05) is 74.9 Å². The molecule has 0 bridgehead atoms. The van der Waals surface area contributed by atoms with Crippen LogP contribution < -0.4 is 32.2 Å². The number of nitrogens with two attached hydrogens (primary N) is 2. The number of ether oxygens (including phenoxy) is 2. The minimum Gasteiger partial charge on any atom is -0.497 e. The van der Waals surface area contributed by atoms with Crippen molar-refractivity contribution >= 4 is 45.7 Å². The molecule has 0 aliphatic carbocycles. The fraction of sp³-hybridized carbons (Fsp3) is 0.304. The van der Waals surface area contributed by atoms with Crippen LogP contribution in [-0.4, -0.2) is 68.6 Å². The van der Waals surface area contributed by atoms with E-state index in [0.29, 0.717) is 80.6 Å². The Kier molecular flexibility index (Phi) is 12.4.